The molecule has 2 aliphatic heterocycles. The zero-order chi connectivity index (χ0) is 40.0. The number of alkyl halides is 12. The molecule has 0 spiro atoms. The number of halogens is 12. The molecule has 55 heavy (non-hydrogen) atoms. The summed E-state index contributed by atoms with van der Waals surface area (Å²) in [5.41, 5.74) is -6.81. The Morgan fingerprint density at radius 3 is 1.64 bits per heavy atom. The number of hydrogen-bond acceptors (Lipinski definition) is 4. The molecular weight excluding hydrogens is 758 g/mol. The molecule has 3 heterocycles. The maximum Gasteiger partial charge on any atom is 0.417 e. The van der Waals surface area contributed by atoms with E-state index in [0.29, 0.717) is 12.3 Å². The number of nitrogens with zero attached hydrogens (tertiary/aromatic N) is 3. The summed E-state index contributed by atoms with van der Waals surface area (Å²) in [6, 6.07) is 14.6. The van der Waals surface area contributed by atoms with E-state index in [0.717, 1.165) is 48.5 Å². The minimum absolute atomic E-state index is 0.0395. The van der Waals surface area contributed by atoms with Crippen LogP contribution in [0, 0.1) is 0 Å². The molecule has 294 valence electrons. The summed E-state index contributed by atoms with van der Waals surface area (Å²) in [7, 11) is 0. The lowest BCUT2D eigenvalue weighted by Gasteiger charge is -2.40. The van der Waals surface area contributed by atoms with Crippen molar-refractivity contribution < 1.29 is 62.2 Å². The minimum Gasteiger partial charge on any atom is -0.469 e. The van der Waals surface area contributed by atoms with Crippen molar-refractivity contribution in [2.75, 3.05) is 19.6 Å². The van der Waals surface area contributed by atoms with Gasteiger partial charge in [0.25, 0.3) is 0 Å². The van der Waals surface area contributed by atoms with Gasteiger partial charge < -0.3 is 9.64 Å². The van der Waals surface area contributed by atoms with Crippen molar-refractivity contribution in [1.82, 2.24) is 14.8 Å². The van der Waals surface area contributed by atoms with Gasteiger partial charge in [0.05, 0.1) is 34.3 Å². The van der Waals surface area contributed by atoms with E-state index in [1.165, 1.54) is 35.2 Å². The first kappa shape index (κ1) is 39.9. The first-order chi connectivity index (χ1) is 25.5. The van der Waals surface area contributed by atoms with Crippen molar-refractivity contribution in [2.45, 2.75) is 68.1 Å². The Bertz CT molecular complexity index is 2010. The Kier molecular flexibility index (Phi) is 10.4. The Labute approximate surface area is 306 Å². The number of ether oxygens (including phenoxy) is 1. The lowest BCUT2D eigenvalue weighted by molar-refractivity contribution is -0.138. The lowest BCUT2D eigenvalue weighted by Crippen LogP contribution is -2.53. The molecule has 5 nitrogen and oxygen atoms in total. The summed E-state index contributed by atoms with van der Waals surface area (Å²) in [5.74, 6) is -0.881. The van der Waals surface area contributed by atoms with Gasteiger partial charge in [-0.3, -0.25) is 9.69 Å². The maximum atomic E-state index is 14.1. The van der Waals surface area contributed by atoms with Crippen LogP contribution < -0.4 is 4.74 Å². The average Bonchev–Trinajstić information content (AvgIpc) is 3.32. The standard InChI is InChI=1S/C38H31F12N3O2/c39-35(40,41)27-7-1-4-24(14-27)17-33-21-34(18-25-5-2-8-28(15-25)36(42,43)44,55-31-11-10-30(19-51-31)38(48,49)50)23-53(33)32(54)12-13-52(22-33)20-26-6-3-9-29(16-26)37(45,46)47/h1-11,14-16,19H,12-13,17-18,20-23H2. The summed E-state index contributed by atoms with van der Waals surface area (Å²) in [6.07, 6.45) is -19.5. The number of rotatable bonds is 8. The van der Waals surface area contributed by atoms with Crippen molar-refractivity contribution in [3.8, 4) is 5.88 Å². The molecule has 2 atom stereocenters. The zero-order valence-corrected chi connectivity index (χ0v) is 28.5. The largest absolute Gasteiger partial charge is 0.469 e. The van der Waals surface area contributed by atoms with Crippen LogP contribution >= 0.6 is 0 Å². The van der Waals surface area contributed by atoms with Crippen LogP contribution in [-0.2, 0) is 48.9 Å². The second-order valence-electron chi connectivity index (χ2n) is 14.0. The quantitative estimate of drug-likeness (QED) is 0.167. The van der Waals surface area contributed by atoms with Crippen LogP contribution in [0.5, 0.6) is 5.88 Å². The number of carbonyl (C=O) groups excluding carboxylic acids is 1. The van der Waals surface area contributed by atoms with Crippen molar-refractivity contribution >= 4 is 5.91 Å². The third-order valence-electron chi connectivity index (χ3n) is 9.74. The van der Waals surface area contributed by atoms with Crippen LogP contribution in [0.4, 0.5) is 52.7 Å². The zero-order valence-electron chi connectivity index (χ0n) is 28.5. The second kappa shape index (κ2) is 14.4. The van der Waals surface area contributed by atoms with Crippen LogP contribution in [0.3, 0.4) is 0 Å². The topological polar surface area (TPSA) is 45.7 Å². The van der Waals surface area contributed by atoms with Gasteiger partial charge >= 0.3 is 24.7 Å². The Hall–Kier alpha value is -4.80. The molecule has 0 saturated carbocycles. The fourth-order valence-corrected chi connectivity index (χ4v) is 7.56. The third kappa shape index (κ3) is 9.19. The molecule has 2 aliphatic rings. The van der Waals surface area contributed by atoms with Gasteiger partial charge in [0.15, 0.2) is 0 Å². The van der Waals surface area contributed by atoms with E-state index in [1.54, 1.807) is 4.90 Å². The van der Waals surface area contributed by atoms with Crippen LogP contribution in [0.25, 0.3) is 0 Å². The Balaban J connectivity index is 1.46. The van der Waals surface area contributed by atoms with E-state index in [9.17, 15) is 57.5 Å². The smallest absolute Gasteiger partial charge is 0.417 e. The van der Waals surface area contributed by atoms with E-state index in [1.807, 2.05) is 0 Å². The molecule has 0 radical (unpaired) electrons. The highest BCUT2D eigenvalue weighted by atomic mass is 19.4. The van der Waals surface area contributed by atoms with Crippen LogP contribution in [0.2, 0.25) is 0 Å². The number of benzene rings is 3. The molecule has 4 aromatic rings. The van der Waals surface area contributed by atoms with E-state index in [4.69, 9.17) is 4.74 Å². The van der Waals surface area contributed by atoms with Crippen LogP contribution in [0.15, 0.2) is 91.1 Å². The SMILES string of the molecule is O=C1CCN(Cc2cccc(C(F)(F)F)c2)CC2(Cc3cccc(C(F)(F)F)c3)CC(Cc3cccc(C(F)(F)F)c3)(Oc3ccc(C(F)(F)F)cn3)CN12. The van der Waals surface area contributed by atoms with E-state index in [-0.39, 0.29) is 74.4 Å². The third-order valence-corrected chi connectivity index (χ3v) is 9.74. The number of aromatic nitrogens is 1. The number of hydrogen-bond donors (Lipinski definition) is 0. The monoisotopic (exact) mass is 789 g/mol. The molecule has 0 aliphatic carbocycles. The summed E-state index contributed by atoms with van der Waals surface area (Å²) < 4.78 is 170. The van der Waals surface area contributed by atoms with Crippen molar-refractivity contribution in [1.29, 1.82) is 0 Å². The molecule has 2 fully saturated rings. The first-order valence-corrected chi connectivity index (χ1v) is 16.8. The molecule has 2 saturated heterocycles. The molecule has 0 bridgehead atoms. The number of carbonyl (C=O) groups is 1. The lowest BCUT2D eigenvalue weighted by atomic mass is 9.81. The number of pyridine rings is 1. The maximum absolute atomic E-state index is 14.1. The summed E-state index contributed by atoms with van der Waals surface area (Å²) in [4.78, 5) is 20.9. The predicted octanol–water partition coefficient (Wildman–Crippen LogP) is 9.64. The van der Waals surface area contributed by atoms with Gasteiger partial charge in [-0.05, 0) is 47.4 Å². The molecule has 3 aromatic carbocycles. The van der Waals surface area contributed by atoms with Gasteiger partial charge in [-0.2, -0.15) is 52.7 Å². The number of fused-ring (bicyclic) bond motifs is 1. The van der Waals surface area contributed by atoms with E-state index in [2.05, 4.69) is 4.98 Å². The van der Waals surface area contributed by atoms with Crippen molar-refractivity contribution in [2.24, 2.45) is 0 Å². The highest BCUT2D eigenvalue weighted by molar-refractivity contribution is 5.78. The van der Waals surface area contributed by atoms with Crippen molar-refractivity contribution in [3.05, 3.63) is 130 Å². The molecule has 6 rings (SSSR count). The first-order valence-electron chi connectivity index (χ1n) is 16.8. The van der Waals surface area contributed by atoms with Crippen molar-refractivity contribution in [3.63, 3.8) is 0 Å². The molecule has 1 aromatic heterocycles. The van der Waals surface area contributed by atoms with Crippen LogP contribution in [0.1, 0.15) is 51.8 Å². The van der Waals surface area contributed by atoms with E-state index >= 15 is 0 Å². The van der Waals surface area contributed by atoms with Gasteiger partial charge in [-0.25, -0.2) is 4.98 Å². The van der Waals surface area contributed by atoms with Gasteiger partial charge in [-0.1, -0.05) is 54.6 Å². The van der Waals surface area contributed by atoms with Gasteiger partial charge in [0.2, 0.25) is 11.8 Å². The molecule has 17 heteroatoms. The summed E-state index contributed by atoms with van der Waals surface area (Å²) in [5, 5.41) is 0. The van der Waals surface area contributed by atoms with Gasteiger partial charge in [-0.15, -0.1) is 0 Å². The molecule has 2 unspecified atom stereocenters. The average molecular weight is 790 g/mol. The highest BCUT2D eigenvalue weighted by Crippen LogP contribution is 2.46. The molecule has 1 amide bonds. The fraction of sp³-hybridized carbons (Fsp3) is 0.368. The highest BCUT2D eigenvalue weighted by Gasteiger charge is 2.58. The summed E-state index contributed by atoms with van der Waals surface area (Å²) >= 11 is 0. The summed E-state index contributed by atoms with van der Waals surface area (Å²) in [6.45, 7) is -0.560. The second-order valence-corrected chi connectivity index (χ2v) is 14.0. The molecule has 0 N–H and O–H groups in total. The number of amides is 1. The minimum atomic E-state index is -4.77. The fourth-order valence-electron chi connectivity index (χ4n) is 7.56. The predicted molar refractivity (Wildman–Crippen MR) is 173 cm³/mol. The van der Waals surface area contributed by atoms with Gasteiger partial charge in [0.1, 0.15) is 5.60 Å². The Morgan fingerprint density at radius 1 is 0.618 bits per heavy atom. The van der Waals surface area contributed by atoms with E-state index < -0.39 is 64.0 Å². The van der Waals surface area contributed by atoms with Crippen LogP contribution in [-0.4, -0.2) is 51.5 Å². The Morgan fingerprint density at radius 2 is 1.13 bits per heavy atom. The van der Waals surface area contributed by atoms with Gasteiger partial charge in [0, 0.05) is 51.2 Å². The normalized spacial score (nSPS) is 21.4. The molecular formula is C38H31F12N3O2.